The average Bonchev–Trinajstić information content (AvgIpc) is 2.47. The molecule has 0 saturated heterocycles. The third-order valence-corrected chi connectivity index (χ3v) is 1.73. The van der Waals surface area contributed by atoms with Gasteiger partial charge in [0.05, 0.1) is 0 Å². The van der Waals surface area contributed by atoms with E-state index in [4.69, 9.17) is 0 Å². The van der Waals surface area contributed by atoms with Crippen LogP contribution in [0.15, 0.2) is 30.5 Å². The lowest BCUT2D eigenvalue weighted by Crippen LogP contribution is -2.26. The summed E-state index contributed by atoms with van der Waals surface area (Å²) in [7, 11) is 1.84. The molecule has 1 heterocycles. The Hall–Kier alpha value is -1.51. The molecule has 3 heteroatoms. The summed E-state index contributed by atoms with van der Waals surface area (Å²) in [6.45, 7) is 6.12. The minimum atomic E-state index is -0.0597. The van der Waals surface area contributed by atoms with Gasteiger partial charge in [-0.15, -0.1) is 0 Å². The second kappa shape index (κ2) is 3.94. The van der Waals surface area contributed by atoms with Gasteiger partial charge in [0, 0.05) is 19.8 Å². The number of aryl methyl sites for hydroxylation is 1. The second-order valence-corrected chi connectivity index (χ2v) is 3.14. The number of hydrogen-bond donors (Lipinski definition) is 1. The van der Waals surface area contributed by atoms with E-state index in [-0.39, 0.29) is 5.91 Å². The maximum atomic E-state index is 11.5. The standard InChI is InChI=1S/C10H14N2O/c1-8(2)7-11-10(13)9-5-4-6-12(9)3/h4-6H,1,7H2,2-3H3,(H,11,13). The van der Waals surface area contributed by atoms with Crippen LogP contribution in [0.3, 0.4) is 0 Å². The van der Waals surface area contributed by atoms with E-state index in [2.05, 4.69) is 11.9 Å². The highest BCUT2D eigenvalue weighted by Gasteiger charge is 2.06. The molecule has 1 aromatic rings. The number of carbonyl (C=O) groups is 1. The molecule has 70 valence electrons. The highest BCUT2D eigenvalue weighted by molar-refractivity contribution is 5.92. The highest BCUT2D eigenvalue weighted by atomic mass is 16.1. The lowest BCUT2D eigenvalue weighted by atomic mass is 10.3. The van der Waals surface area contributed by atoms with Gasteiger partial charge in [0.2, 0.25) is 0 Å². The van der Waals surface area contributed by atoms with Gasteiger partial charge in [0.1, 0.15) is 5.69 Å². The van der Waals surface area contributed by atoms with E-state index in [0.717, 1.165) is 5.57 Å². The van der Waals surface area contributed by atoms with Gasteiger partial charge in [-0.05, 0) is 19.1 Å². The first-order valence-corrected chi connectivity index (χ1v) is 4.15. The van der Waals surface area contributed by atoms with Gasteiger partial charge in [-0.25, -0.2) is 0 Å². The molecule has 0 aliphatic carbocycles. The maximum absolute atomic E-state index is 11.5. The van der Waals surface area contributed by atoms with E-state index in [1.807, 2.05) is 26.2 Å². The van der Waals surface area contributed by atoms with Crippen molar-refractivity contribution in [2.45, 2.75) is 6.92 Å². The molecule has 0 unspecified atom stereocenters. The lowest BCUT2D eigenvalue weighted by Gasteiger charge is -2.04. The topological polar surface area (TPSA) is 34.0 Å². The summed E-state index contributed by atoms with van der Waals surface area (Å²) >= 11 is 0. The zero-order valence-electron chi connectivity index (χ0n) is 8.00. The smallest absolute Gasteiger partial charge is 0.268 e. The molecule has 0 saturated carbocycles. The molecule has 13 heavy (non-hydrogen) atoms. The van der Waals surface area contributed by atoms with Crippen molar-refractivity contribution in [3.8, 4) is 0 Å². The number of nitrogens with zero attached hydrogens (tertiary/aromatic N) is 1. The fourth-order valence-corrected chi connectivity index (χ4v) is 1.02. The molecule has 1 amide bonds. The van der Waals surface area contributed by atoms with Crippen molar-refractivity contribution >= 4 is 5.91 Å². The van der Waals surface area contributed by atoms with E-state index in [9.17, 15) is 4.79 Å². The van der Waals surface area contributed by atoms with Crippen molar-refractivity contribution < 1.29 is 4.79 Å². The van der Waals surface area contributed by atoms with E-state index in [1.54, 1.807) is 10.6 Å². The number of aromatic nitrogens is 1. The molecular weight excluding hydrogens is 164 g/mol. The van der Waals surface area contributed by atoms with Crippen molar-refractivity contribution in [2.75, 3.05) is 6.54 Å². The first-order chi connectivity index (χ1) is 6.11. The van der Waals surface area contributed by atoms with E-state index in [0.29, 0.717) is 12.2 Å². The van der Waals surface area contributed by atoms with Crippen LogP contribution in [0, 0.1) is 0 Å². The summed E-state index contributed by atoms with van der Waals surface area (Å²) in [5.41, 5.74) is 1.61. The van der Waals surface area contributed by atoms with Gasteiger partial charge >= 0.3 is 0 Å². The van der Waals surface area contributed by atoms with Crippen molar-refractivity contribution in [3.05, 3.63) is 36.2 Å². The van der Waals surface area contributed by atoms with Gasteiger partial charge < -0.3 is 9.88 Å². The third kappa shape index (κ3) is 2.47. The molecule has 1 aromatic heterocycles. The Bertz CT molecular complexity index is 325. The fraction of sp³-hybridized carbons (Fsp3) is 0.300. The molecule has 0 radical (unpaired) electrons. The normalized spacial score (nSPS) is 9.69. The number of hydrogen-bond acceptors (Lipinski definition) is 1. The predicted octanol–water partition coefficient (Wildman–Crippen LogP) is 1.33. The third-order valence-electron chi connectivity index (χ3n) is 1.73. The van der Waals surface area contributed by atoms with Gasteiger partial charge in [-0.3, -0.25) is 4.79 Å². The van der Waals surface area contributed by atoms with Crippen LogP contribution in [0.4, 0.5) is 0 Å². The SMILES string of the molecule is C=C(C)CNC(=O)c1cccn1C. The predicted molar refractivity (Wildman–Crippen MR) is 52.6 cm³/mol. The molecular formula is C10H14N2O. The second-order valence-electron chi connectivity index (χ2n) is 3.14. The minimum Gasteiger partial charge on any atom is -0.347 e. The molecule has 0 aliphatic heterocycles. The van der Waals surface area contributed by atoms with Crippen LogP contribution in [0.5, 0.6) is 0 Å². The summed E-state index contributed by atoms with van der Waals surface area (Å²) in [6, 6.07) is 3.63. The quantitative estimate of drug-likeness (QED) is 0.696. The minimum absolute atomic E-state index is 0.0597. The van der Waals surface area contributed by atoms with Gasteiger partial charge in [-0.1, -0.05) is 12.2 Å². The Kier molecular flexibility index (Phi) is 2.90. The summed E-state index contributed by atoms with van der Waals surface area (Å²) in [6.07, 6.45) is 1.84. The molecule has 0 bridgehead atoms. The fourth-order valence-electron chi connectivity index (χ4n) is 1.02. The van der Waals surface area contributed by atoms with Crippen LogP contribution in [-0.4, -0.2) is 17.0 Å². The number of rotatable bonds is 3. The van der Waals surface area contributed by atoms with Crippen LogP contribution in [0.2, 0.25) is 0 Å². The Morgan fingerprint density at radius 2 is 2.38 bits per heavy atom. The van der Waals surface area contributed by atoms with Crippen molar-refractivity contribution in [2.24, 2.45) is 7.05 Å². The Morgan fingerprint density at radius 1 is 1.69 bits per heavy atom. The summed E-state index contributed by atoms with van der Waals surface area (Å²) in [5.74, 6) is -0.0597. The monoisotopic (exact) mass is 178 g/mol. The average molecular weight is 178 g/mol. The van der Waals surface area contributed by atoms with Crippen LogP contribution in [0.25, 0.3) is 0 Å². The van der Waals surface area contributed by atoms with Gasteiger partial charge in [-0.2, -0.15) is 0 Å². The van der Waals surface area contributed by atoms with Gasteiger partial charge in [0.15, 0.2) is 0 Å². The Labute approximate surface area is 78.1 Å². The number of carbonyl (C=O) groups excluding carboxylic acids is 1. The van der Waals surface area contributed by atoms with E-state index in [1.165, 1.54) is 0 Å². The van der Waals surface area contributed by atoms with Gasteiger partial charge in [0.25, 0.3) is 5.91 Å². The number of amides is 1. The number of nitrogens with one attached hydrogen (secondary N) is 1. The molecule has 0 aromatic carbocycles. The van der Waals surface area contributed by atoms with Crippen molar-refractivity contribution in [3.63, 3.8) is 0 Å². The van der Waals surface area contributed by atoms with Crippen molar-refractivity contribution in [1.82, 2.24) is 9.88 Å². The molecule has 1 N–H and O–H groups in total. The van der Waals surface area contributed by atoms with E-state index >= 15 is 0 Å². The maximum Gasteiger partial charge on any atom is 0.268 e. The van der Waals surface area contributed by atoms with E-state index < -0.39 is 0 Å². The lowest BCUT2D eigenvalue weighted by molar-refractivity contribution is 0.0949. The molecule has 3 nitrogen and oxygen atoms in total. The molecule has 0 aliphatic rings. The molecule has 0 atom stereocenters. The summed E-state index contributed by atoms with van der Waals surface area (Å²) in [4.78, 5) is 11.5. The Balaban J connectivity index is 2.59. The largest absolute Gasteiger partial charge is 0.347 e. The zero-order chi connectivity index (χ0) is 9.84. The molecule has 0 spiro atoms. The first-order valence-electron chi connectivity index (χ1n) is 4.15. The van der Waals surface area contributed by atoms with Crippen LogP contribution in [0.1, 0.15) is 17.4 Å². The summed E-state index contributed by atoms with van der Waals surface area (Å²) in [5, 5.41) is 2.77. The highest BCUT2D eigenvalue weighted by Crippen LogP contribution is 1.98. The van der Waals surface area contributed by atoms with Crippen LogP contribution >= 0.6 is 0 Å². The Morgan fingerprint density at radius 3 is 2.85 bits per heavy atom. The van der Waals surface area contributed by atoms with Crippen LogP contribution in [-0.2, 0) is 7.05 Å². The van der Waals surface area contributed by atoms with Crippen molar-refractivity contribution in [1.29, 1.82) is 0 Å². The van der Waals surface area contributed by atoms with Crippen LogP contribution < -0.4 is 5.32 Å². The molecule has 1 rings (SSSR count). The molecule has 0 fully saturated rings. The first kappa shape index (κ1) is 9.58. The zero-order valence-corrected chi connectivity index (χ0v) is 8.00. The summed E-state index contributed by atoms with van der Waals surface area (Å²) < 4.78 is 1.79.